The Hall–Kier alpha value is -3.46. The zero-order valence-corrected chi connectivity index (χ0v) is 12.8. The maximum atomic E-state index is 11.6. The number of amides is 1. The largest absolute Gasteiger partial charge is 0.445 e. The number of ether oxygens (including phenoxy) is 1. The van der Waals surface area contributed by atoms with Gasteiger partial charge in [0.2, 0.25) is 0 Å². The van der Waals surface area contributed by atoms with Crippen LogP contribution in [0.25, 0.3) is 11.0 Å². The number of carbonyl (C=O) groups is 1. The lowest BCUT2D eigenvalue weighted by Crippen LogP contribution is -2.24. The van der Waals surface area contributed by atoms with Crippen molar-refractivity contribution in [3.63, 3.8) is 0 Å². The first kappa shape index (κ1) is 15.4. The van der Waals surface area contributed by atoms with Gasteiger partial charge in [0, 0.05) is 5.56 Å². The molecule has 3 aromatic rings. The lowest BCUT2D eigenvalue weighted by Gasteiger charge is -2.04. The summed E-state index contributed by atoms with van der Waals surface area (Å²) in [6.07, 6.45) is -0.508. The maximum absolute atomic E-state index is 11.6. The Labute approximate surface area is 138 Å². The number of nitrogens with zero attached hydrogens (tertiary/aromatic N) is 1. The predicted molar refractivity (Wildman–Crippen MR) is 89.9 cm³/mol. The average Bonchev–Trinajstić information content (AvgIpc) is 2.98. The Morgan fingerprint density at radius 1 is 1.25 bits per heavy atom. The van der Waals surface area contributed by atoms with Crippen LogP contribution in [0.4, 0.5) is 10.6 Å². The van der Waals surface area contributed by atoms with E-state index in [2.05, 4.69) is 22.3 Å². The van der Waals surface area contributed by atoms with Gasteiger partial charge in [-0.25, -0.2) is 4.79 Å². The van der Waals surface area contributed by atoms with Gasteiger partial charge in [-0.2, -0.15) is 0 Å². The van der Waals surface area contributed by atoms with Gasteiger partial charge in [0.15, 0.2) is 11.4 Å². The summed E-state index contributed by atoms with van der Waals surface area (Å²) in [5.74, 6) is 6.12. The fourth-order valence-electron chi connectivity index (χ4n) is 2.07. The summed E-state index contributed by atoms with van der Waals surface area (Å²) in [6, 6.07) is 14.8. The molecule has 1 heterocycles. The molecule has 0 saturated carbocycles. The molecule has 6 heteroatoms. The van der Waals surface area contributed by atoms with Crippen molar-refractivity contribution in [1.82, 2.24) is 10.5 Å². The zero-order chi connectivity index (χ0) is 16.8. The average molecular weight is 321 g/mol. The van der Waals surface area contributed by atoms with Crippen LogP contribution in [0.3, 0.4) is 0 Å². The summed E-state index contributed by atoms with van der Waals surface area (Å²) in [7, 11) is 0. The van der Waals surface area contributed by atoms with Crippen LogP contribution < -0.4 is 11.1 Å². The van der Waals surface area contributed by atoms with Crippen LogP contribution in [0.15, 0.2) is 53.1 Å². The van der Waals surface area contributed by atoms with Crippen LogP contribution in [0.5, 0.6) is 0 Å². The van der Waals surface area contributed by atoms with Crippen LogP contribution in [-0.2, 0) is 11.3 Å². The molecule has 6 nitrogen and oxygen atoms in total. The molecule has 0 aliphatic rings. The normalized spacial score (nSPS) is 10.0. The second kappa shape index (κ2) is 7.20. The molecule has 0 bridgehead atoms. The van der Waals surface area contributed by atoms with Gasteiger partial charge in [0.25, 0.3) is 0 Å². The second-order valence-corrected chi connectivity index (χ2v) is 5.00. The summed E-state index contributed by atoms with van der Waals surface area (Å²) in [6.45, 7) is 0.411. The van der Waals surface area contributed by atoms with Crippen LogP contribution in [0.2, 0.25) is 0 Å². The molecule has 0 saturated heterocycles. The fraction of sp³-hybridized carbons (Fsp3) is 0.111. The van der Waals surface area contributed by atoms with Gasteiger partial charge < -0.3 is 20.3 Å². The highest BCUT2D eigenvalue weighted by Gasteiger charge is 2.04. The van der Waals surface area contributed by atoms with Crippen LogP contribution >= 0.6 is 0 Å². The lowest BCUT2D eigenvalue weighted by molar-refractivity contribution is 0.141. The van der Waals surface area contributed by atoms with E-state index >= 15 is 0 Å². The highest BCUT2D eigenvalue weighted by Crippen LogP contribution is 2.20. The summed E-state index contributed by atoms with van der Waals surface area (Å²) >= 11 is 0. The SMILES string of the molecule is Nc1noc2ccc(C#CCNC(=O)OCc3ccccc3)cc12. The van der Waals surface area contributed by atoms with Crippen molar-refractivity contribution in [3.8, 4) is 11.8 Å². The van der Waals surface area contributed by atoms with E-state index in [4.69, 9.17) is 15.0 Å². The molecule has 0 aliphatic carbocycles. The fourth-order valence-corrected chi connectivity index (χ4v) is 2.07. The van der Waals surface area contributed by atoms with Crippen molar-refractivity contribution in [3.05, 3.63) is 59.7 Å². The maximum Gasteiger partial charge on any atom is 0.408 e. The number of benzene rings is 2. The number of aromatic nitrogens is 1. The van der Waals surface area contributed by atoms with Crippen LogP contribution in [-0.4, -0.2) is 17.8 Å². The van der Waals surface area contributed by atoms with Crippen molar-refractivity contribution < 1.29 is 14.1 Å². The lowest BCUT2D eigenvalue weighted by atomic mass is 10.1. The summed E-state index contributed by atoms with van der Waals surface area (Å²) in [4.78, 5) is 11.6. The Morgan fingerprint density at radius 2 is 2.08 bits per heavy atom. The van der Waals surface area contributed by atoms with Crippen molar-refractivity contribution in [1.29, 1.82) is 0 Å². The third-order valence-corrected chi connectivity index (χ3v) is 3.26. The molecule has 1 amide bonds. The first-order valence-corrected chi connectivity index (χ1v) is 7.31. The number of nitrogens with one attached hydrogen (secondary N) is 1. The smallest absolute Gasteiger partial charge is 0.408 e. The van der Waals surface area contributed by atoms with Gasteiger partial charge >= 0.3 is 6.09 Å². The van der Waals surface area contributed by atoms with Gasteiger partial charge in [-0.05, 0) is 23.8 Å². The minimum absolute atomic E-state index is 0.185. The van der Waals surface area contributed by atoms with E-state index in [-0.39, 0.29) is 13.2 Å². The number of alkyl carbamates (subject to hydrolysis) is 1. The standard InChI is InChI=1S/C18H15N3O3/c19-17-15-11-13(8-9-16(15)24-21-17)7-4-10-20-18(22)23-12-14-5-2-1-3-6-14/h1-3,5-6,8-9,11H,10,12H2,(H2,19,21)(H,20,22). The molecule has 1 aromatic heterocycles. The van der Waals surface area contributed by atoms with E-state index in [1.807, 2.05) is 30.3 Å². The molecule has 0 fully saturated rings. The number of rotatable bonds is 3. The van der Waals surface area contributed by atoms with Crippen molar-refractivity contribution in [2.75, 3.05) is 12.3 Å². The highest BCUT2D eigenvalue weighted by molar-refractivity contribution is 5.87. The Morgan fingerprint density at radius 3 is 2.92 bits per heavy atom. The van der Waals surface area contributed by atoms with Crippen LogP contribution in [0.1, 0.15) is 11.1 Å². The van der Waals surface area contributed by atoms with E-state index in [1.165, 1.54) is 0 Å². The van der Waals surface area contributed by atoms with E-state index in [1.54, 1.807) is 18.2 Å². The molecule has 120 valence electrons. The molecule has 0 unspecified atom stereocenters. The number of hydrogen-bond acceptors (Lipinski definition) is 5. The molecule has 0 radical (unpaired) electrons. The van der Waals surface area contributed by atoms with Gasteiger partial charge in [-0.15, -0.1) is 0 Å². The third-order valence-electron chi connectivity index (χ3n) is 3.26. The Balaban J connectivity index is 1.49. The van der Waals surface area contributed by atoms with Crippen molar-refractivity contribution in [2.24, 2.45) is 0 Å². The molecule has 0 atom stereocenters. The molecule has 0 aliphatic heterocycles. The van der Waals surface area contributed by atoms with Gasteiger partial charge in [-0.3, -0.25) is 0 Å². The minimum Gasteiger partial charge on any atom is -0.445 e. The first-order chi connectivity index (χ1) is 11.7. The predicted octanol–water partition coefficient (Wildman–Crippen LogP) is 2.69. The Bertz CT molecular complexity index is 907. The van der Waals surface area contributed by atoms with E-state index in [0.29, 0.717) is 11.4 Å². The number of nitrogens with two attached hydrogens (primary N) is 1. The van der Waals surface area contributed by atoms with Gasteiger partial charge in [-0.1, -0.05) is 47.3 Å². The van der Waals surface area contributed by atoms with Gasteiger partial charge in [0.05, 0.1) is 11.9 Å². The summed E-state index contributed by atoms with van der Waals surface area (Å²) < 4.78 is 10.1. The molecule has 3 N–H and O–H groups in total. The first-order valence-electron chi connectivity index (χ1n) is 7.31. The zero-order valence-electron chi connectivity index (χ0n) is 12.8. The van der Waals surface area contributed by atoms with Crippen molar-refractivity contribution in [2.45, 2.75) is 6.61 Å². The third kappa shape index (κ3) is 3.84. The number of hydrogen-bond donors (Lipinski definition) is 2. The van der Waals surface area contributed by atoms with E-state index in [9.17, 15) is 4.79 Å². The summed E-state index contributed by atoms with van der Waals surface area (Å²) in [5.41, 5.74) is 8.00. The molecular formula is C18H15N3O3. The monoisotopic (exact) mass is 321 g/mol. The quantitative estimate of drug-likeness (QED) is 0.724. The molecule has 3 rings (SSSR count). The molecule has 24 heavy (non-hydrogen) atoms. The molecule has 0 spiro atoms. The molecular weight excluding hydrogens is 306 g/mol. The molecule has 2 aromatic carbocycles. The highest BCUT2D eigenvalue weighted by atomic mass is 16.5. The number of nitrogen functional groups attached to an aromatic ring is 1. The topological polar surface area (TPSA) is 90.4 Å². The minimum atomic E-state index is -0.508. The van der Waals surface area contributed by atoms with Crippen molar-refractivity contribution >= 4 is 22.9 Å². The number of anilines is 1. The van der Waals surface area contributed by atoms with Crippen LogP contribution in [0, 0.1) is 11.8 Å². The Kier molecular flexibility index (Phi) is 4.63. The number of carbonyl (C=O) groups excluding carboxylic acids is 1. The second-order valence-electron chi connectivity index (χ2n) is 5.00. The van der Waals surface area contributed by atoms with E-state index < -0.39 is 6.09 Å². The number of fused-ring (bicyclic) bond motifs is 1. The van der Waals surface area contributed by atoms with Gasteiger partial charge in [0.1, 0.15) is 6.61 Å². The summed E-state index contributed by atoms with van der Waals surface area (Å²) in [5, 5.41) is 6.98. The van der Waals surface area contributed by atoms with E-state index in [0.717, 1.165) is 16.5 Å².